The lowest BCUT2D eigenvalue weighted by atomic mass is 10.1. The van der Waals surface area contributed by atoms with Crippen molar-refractivity contribution >= 4 is 28.2 Å². The molecule has 1 saturated heterocycles. The number of hydrogen-bond donors (Lipinski definition) is 1. The molecule has 162 valence electrons. The number of carbonyl (C=O) groups is 1. The van der Waals surface area contributed by atoms with Crippen LogP contribution < -0.4 is 15.8 Å². The van der Waals surface area contributed by atoms with Crippen LogP contribution in [0.3, 0.4) is 0 Å². The summed E-state index contributed by atoms with van der Waals surface area (Å²) in [6, 6.07) is 13.5. The first-order chi connectivity index (χ1) is 15.0. The van der Waals surface area contributed by atoms with Gasteiger partial charge in [0.25, 0.3) is 5.56 Å². The highest BCUT2D eigenvalue weighted by molar-refractivity contribution is 5.91. The number of anilines is 2. The summed E-state index contributed by atoms with van der Waals surface area (Å²) < 4.78 is 1.58. The summed E-state index contributed by atoms with van der Waals surface area (Å²) >= 11 is 0. The van der Waals surface area contributed by atoms with E-state index in [9.17, 15) is 9.59 Å². The second-order valence-electron chi connectivity index (χ2n) is 8.20. The average molecular weight is 420 g/mol. The molecule has 1 aliphatic heterocycles. The van der Waals surface area contributed by atoms with Gasteiger partial charge in [0.05, 0.1) is 17.2 Å². The Bertz CT molecular complexity index is 1130. The van der Waals surface area contributed by atoms with E-state index in [0.717, 1.165) is 37.4 Å². The summed E-state index contributed by atoms with van der Waals surface area (Å²) in [7, 11) is 2.15. The van der Waals surface area contributed by atoms with Crippen LogP contribution in [0, 0.1) is 6.92 Å². The van der Waals surface area contributed by atoms with Gasteiger partial charge >= 0.3 is 0 Å². The van der Waals surface area contributed by atoms with Gasteiger partial charge in [-0.25, -0.2) is 4.98 Å². The fourth-order valence-corrected chi connectivity index (χ4v) is 3.94. The first kappa shape index (κ1) is 21.1. The number of aryl methyl sites for hydroxylation is 2. The minimum Gasteiger partial charge on any atom is -0.369 e. The van der Waals surface area contributed by atoms with Crippen molar-refractivity contribution in [2.24, 2.45) is 0 Å². The molecular weight excluding hydrogens is 390 g/mol. The van der Waals surface area contributed by atoms with E-state index in [4.69, 9.17) is 0 Å². The van der Waals surface area contributed by atoms with E-state index in [2.05, 4.69) is 39.3 Å². The molecule has 7 heteroatoms. The molecule has 0 spiro atoms. The van der Waals surface area contributed by atoms with Crippen molar-refractivity contribution < 1.29 is 4.79 Å². The Hall–Kier alpha value is -3.19. The predicted molar refractivity (Wildman–Crippen MR) is 125 cm³/mol. The Kier molecular flexibility index (Phi) is 6.32. The van der Waals surface area contributed by atoms with Crippen LogP contribution in [0.1, 0.15) is 18.4 Å². The molecule has 0 unspecified atom stereocenters. The third-order valence-corrected chi connectivity index (χ3v) is 5.89. The molecule has 0 radical (unpaired) electrons. The molecule has 2 heterocycles. The molecule has 3 aromatic rings. The molecule has 1 amide bonds. The fraction of sp³-hybridized carbons (Fsp3) is 0.375. The van der Waals surface area contributed by atoms with Gasteiger partial charge in [0.1, 0.15) is 0 Å². The maximum Gasteiger partial charge on any atom is 0.261 e. The van der Waals surface area contributed by atoms with E-state index in [1.807, 2.05) is 31.2 Å². The second-order valence-corrected chi connectivity index (χ2v) is 8.20. The molecule has 1 N–H and O–H groups in total. The molecule has 1 fully saturated rings. The molecule has 1 aromatic heterocycles. The third kappa shape index (κ3) is 4.94. The van der Waals surface area contributed by atoms with Crippen molar-refractivity contribution in [2.75, 3.05) is 43.4 Å². The van der Waals surface area contributed by atoms with Crippen LogP contribution in [0.4, 0.5) is 11.4 Å². The first-order valence-electron chi connectivity index (χ1n) is 10.8. The predicted octanol–water partition coefficient (Wildman–Crippen LogP) is 2.88. The number of aromatic nitrogens is 2. The Morgan fingerprint density at radius 3 is 2.65 bits per heavy atom. The van der Waals surface area contributed by atoms with Crippen LogP contribution in [0.2, 0.25) is 0 Å². The van der Waals surface area contributed by atoms with Crippen molar-refractivity contribution in [3.63, 3.8) is 0 Å². The number of amides is 1. The minimum atomic E-state index is -0.0682. The Morgan fingerprint density at radius 1 is 1.10 bits per heavy atom. The van der Waals surface area contributed by atoms with Crippen molar-refractivity contribution in [2.45, 2.75) is 26.3 Å². The van der Waals surface area contributed by atoms with Crippen molar-refractivity contribution in [1.29, 1.82) is 0 Å². The number of fused-ring (bicyclic) bond motifs is 1. The molecule has 31 heavy (non-hydrogen) atoms. The zero-order valence-electron chi connectivity index (χ0n) is 18.2. The van der Waals surface area contributed by atoms with Crippen LogP contribution in [-0.2, 0) is 11.3 Å². The summed E-state index contributed by atoms with van der Waals surface area (Å²) in [5.41, 5.74) is 3.72. The maximum atomic E-state index is 12.5. The van der Waals surface area contributed by atoms with Gasteiger partial charge in [0.2, 0.25) is 5.91 Å². The van der Waals surface area contributed by atoms with E-state index in [1.165, 1.54) is 5.69 Å². The number of hydrogen-bond acceptors (Lipinski definition) is 5. The lowest BCUT2D eigenvalue weighted by Crippen LogP contribution is -2.44. The van der Waals surface area contributed by atoms with Gasteiger partial charge in [-0.2, -0.15) is 0 Å². The summed E-state index contributed by atoms with van der Waals surface area (Å²) in [5, 5.41) is 3.61. The Labute approximate surface area is 182 Å². The molecule has 0 bridgehead atoms. The topological polar surface area (TPSA) is 70.5 Å². The Balaban J connectivity index is 1.32. The zero-order chi connectivity index (χ0) is 21.8. The summed E-state index contributed by atoms with van der Waals surface area (Å²) in [4.78, 5) is 34.0. The highest BCUT2D eigenvalue weighted by Crippen LogP contribution is 2.24. The van der Waals surface area contributed by atoms with E-state index in [1.54, 1.807) is 17.0 Å². The molecule has 0 saturated carbocycles. The fourth-order valence-electron chi connectivity index (χ4n) is 3.94. The summed E-state index contributed by atoms with van der Waals surface area (Å²) in [6.45, 7) is 6.65. The number of carbonyl (C=O) groups excluding carboxylic acids is 1. The smallest absolute Gasteiger partial charge is 0.261 e. The maximum absolute atomic E-state index is 12.5. The molecule has 0 atom stereocenters. The number of piperazine rings is 1. The highest BCUT2D eigenvalue weighted by atomic mass is 16.1. The molecule has 1 aliphatic rings. The standard InChI is InChI=1S/C24H29N5O2/c1-18-16-19(28-14-12-27(2)13-15-28)9-10-21(18)26-23(30)8-5-11-29-17-25-22-7-4-3-6-20(22)24(29)31/h3-4,6-7,9-10,16-17H,5,8,11-15H2,1-2H3,(H,26,30). The van der Waals surface area contributed by atoms with Gasteiger partial charge in [0.15, 0.2) is 0 Å². The van der Waals surface area contributed by atoms with Gasteiger partial charge in [-0.05, 0) is 56.3 Å². The molecule has 4 rings (SSSR count). The van der Waals surface area contributed by atoms with Crippen LogP contribution >= 0.6 is 0 Å². The minimum absolute atomic E-state index is 0.0442. The van der Waals surface area contributed by atoms with Gasteiger partial charge < -0.3 is 15.1 Å². The van der Waals surface area contributed by atoms with Crippen LogP contribution in [0.15, 0.2) is 53.6 Å². The summed E-state index contributed by atoms with van der Waals surface area (Å²) in [6.07, 6.45) is 2.48. The number of rotatable bonds is 6. The van der Waals surface area contributed by atoms with Crippen LogP contribution in [0.25, 0.3) is 10.9 Å². The number of nitrogens with zero attached hydrogens (tertiary/aromatic N) is 4. The Morgan fingerprint density at radius 2 is 1.87 bits per heavy atom. The van der Waals surface area contributed by atoms with Crippen molar-refractivity contribution in [3.05, 3.63) is 64.7 Å². The average Bonchev–Trinajstić information content (AvgIpc) is 2.77. The van der Waals surface area contributed by atoms with Crippen LogP contribution in [0.5, 0.6) is 0 Å². The molecule has 2 aromatic carbocycles. The van der Waals surface area contributed by atoms with Gasteiger partial charge in [-0.15, -0.1) is 0 Å². The number of benzene rings is 2. The number of para-hydroxylation sites is 1. The van der Waals surface area contributed by atoms with Crippen molar-refractivity contribution in [3.8, 4) is 0 Å². The second kappa shape index (κ2) is 9.31. The van der Waals surface area contributed by atoms with Crippen LogP contribution in [-0.4, -0.2) is 53.6 Å². The molecule has 7 nitrogen and oxygen atoms in total. The zero-order valence-corrected chi connectivity index (χ0v) is 18.2. The van der Waals surface area contributed by atoms with E-state index in [-0.39, 0.29) is 11.5 Å². The third-order valence-electron chi connectivity index (χ3n) is 5.89. The largest absolute Gasteiger partial charge is 0.369 e. The molecule has 0 aliphatic carbocycles. The van der Waals surface area contributed by atoms with Gasteiger partial charge in [-0.3, -0.25) is 14.2 Å². The lowest BCUT2D eigenvalue weighted by molar-refractivity contribution is -0.116. The monoisotopic (exact) mass is 419 g/mol. The van der Waals surface area contributed by atoms with Gasteiger partial charge in [-0.1, -0.05) is 12.1 Å². The van der Waals surface area contributed by atoms with E-state index in [0.29, 0.717) is 30.3 Å². The van der Waals surface area contributed by atoms with E-state index >= 15 is 0 Å². The van der Waals surface area contributed by atoms with Crippen molar-refractivity contribution in [1.82, 2.24) is 14.5 Å². The highest BCUT2D eigenvalue weighted by Gasteiger charge is 2.15. The normalized spacial score (nSPS) is 14.7. The quantitative estimate of drug-likeness (QED) is 0.665. The summed E-state index contributed by atoms with van der Waals surface area (Å²) in [5.74, 6) is -0.0442. The number of nitrogens with one attached hydrogen (secondary N) is 1. The molecular formula is C24H29N5O2. The SMILES string of the molecule is Cc1cc(N2CCN(C)CC2)ccc1NC(=O)CCCn1cnc2ccccc2c1=O. The van der Waals surface area contributed by atoms with Gasteiger partial charge in [0, 0.05) is 50.5 Å². The number of likely N-dealkylation sites (N-methyl/N-ethyl adjacent to an activating group) is 1. The lowest BCUT2D eigenvalue weighted by Gasteiger charge is -2.34. The first-order valence-corrected chi connectivity index (χ1v) is 10.8. The van der Waals surface area contributed by atoms with E-state index < -0.39 is 0 Å².